The first-order valence-electron chi connectivity index (χ1n) is 5.71. The molecule has 0 unspecified atom stereocenters. The van der Waals surface area contributed by atoms with Gasteiger partial charge in [-0.1, -0.05) is 18.7 Å². The number of nitrogens with zero attached hydrogens (tertiary/aromatic N) is 2. The van der Waals surface area contributed by atoms with Gasteiger partial charge in [-0.25, -0.2) is 14.7 Å². The van der Waals surface area contributed by atoms with Crippen molar-refractivity contribution in [3.8, 4) is 0 Å². The van der Waals surface area contributed by atoms with Crippen LogP contribution in [0.4, 0.5) is 0 Å². The number of thioether (sulfide) groups is 1. The predicted molar refractivity (Wildman–Crippen MR) is 68.4 cm³/mol. The van der Waals surface area contributed by atoms with E-state index >= 15 is 0 Å². The van der Waals surface area contributed by atoms with Crippen molar-refractivity contribution in [2.24, 2.45) is 0 Å². The lowest BCUT2D eigenvalue weighted by Gasteiger charge is -2.02. The molecule has 7 nitrogen and oxygen atoms in total. The van der Waals surface area contributed by atoms with Crippen LogP contribution in [0.15, 0.2) is 26.7 Å². The molecule has 0 fully saturated rings. The van der Waals surface area contributed by atoms with Crippen molar-refractivity contribution >= 4 is 17.7 Å². The second-order valence-electron chi connectivity index (χ2n) is 3.81. The highest BCUT2D eigenvalue weighted by Crippen LogP contribution is 2.22. The summed E-state index contributed by atoms with van der Waals surface area (Å²) in [5, 5.41) is 15.8. The van der Waals surface area contributed by atoms with E-state index in [-0.39, 0.29) is 11.3 Å². The zero-order valence-corrected chi connectivity index (χ0v) is 11.1. The van der Waals surface area contributed by atoms with Crippen molar-refractivity contribution in [2.75, 3.05) is 0 Å². The molecular formula is C11H13N3O4S. The number of carboxylic acid groups (broad SMARTS) is 1. The van der Waals surface area contributed by atoms with Gasteiger partial charge in [-0.3, -0.25) is 4.57 Å². The van der Waals surface area contributed by atoms with E-state index in [1.54, 1.807) is 0 Å². The number of hydrogen-bond acceptors (Lipinski definition) is 5. The van der Waals surface area contributed by atoms with Crippen molar-refractivity contribution < 1.29 is 14.3 Å². The molecule has 0 aliphatic heterocycles. The molecule has 2 N–H and O–H groups in total. The minimum absolute atomic E-state index is 0.132. The maximum atomic E-state index is 11.5. The standard InChI is InChI=1S/C11H13N3O4S/c1-2-4-14-10(17)12-13-11(14)19-6-8-7(9(15)16)3-5-18-8/h3,5H,2,4,6H2,1H3,(H,12,17)(H,15,16). The molecule has 19 heavy (non-hydrogen) atoms. The number of aromatic carboxylic acids is 1. The second kappa shape index (κ2) is 5.79. The molecule has 2 aromatic rings. The first-order valence-corrected chi connectivity index (χ1v) is 6.69. The normalized spacial score (nSPS) is 10.8. The van der Waals surface area contributed by atoms with E-state index in [1.165, 1.54) is 28.7 Å². The summed E-state index contributed by atoms with van der Waals surface area (Å²) in [7, 11) is 0. The summed E-state index contributed by atoms with van der Waals surface area (Å²) in [6.45, 7) is 2.53. The molecule has 2 heterocycles. The molecule has 0 bridgehead atoms. The summed E-state index contributed by atoms with van der Waals surface area (Å²) < 4.78 is 6.65. The van der Waals surface area contributed by atoms with Gasteiger partial charge in [0.05, 0.1) is 12.0 Å². The molecule has 8 heteroatoms. The van der Waals surface area contributed by atoms with Gasteiger partial charge >= 0.3 is 11.7 Å². The van der Waals surface area contributed by atoms with Crippen LogP contribution in [0, 0.1) is 0 Å². The third-order valence-electron chi connectivity index (χ3n) is 2.48. The van der Waals surface area contributed by atoms with Crippen LogP contribution in [0.1, 0.15) is 29.5 Å². The monoisotopic (exact) mass is 283 g/mol. The summed E-state index contributed by atoms with van der Waals surface area (Å²) >= 11 is 1.26. The molecule has 2 aromatic heterocycles. The van der Waals surface area contributed by atoms with E-state index in [4.69, 9.17) is 9.52 Å². The SMILES string of the molecule is CCCn1c(SCc2occc2C(=O)O)n[nH]c1=O. The molecule has 0 radical (unpaired) electrons. The molecule has 0 spiro atoms. The van der Waals surface area contributed by atoms with E-state index in [0.29, 0.717) is 23.2 Å². The van der Waals surface area contributed by atoms with Crippen LogP contribution in [-0.2, 0) is 12.3 Å². The number of nitrogens with one attached hydrogen (secondary N) is 1. The van der Waals surface area contributed by atoms with Crippen LogP contribution in [-0.4, -0.2) is 25.8 Å². The smallest absolute Gasteiger partial charge is 0.343 e. The van der Waals surface area contributed by atoms with Crippen LogP contribution in [0.25, 0.3) is 0 Å². The number of rotatable bonds is 6. The highest BCUT2D eigenvalue weighted by molar-refractivity contribution is 7.98. The number of carbonyl (C=O) groups is 1. The van der Waals surface area contributed by atoms with Gasteiger partial charge in [0.2, 0.25) is 0 Å². The number of H-pyrrole nitrogens is 1. The lowest BCUT2D eigenvalue weighted by Crippen LogP contribution is -2.17. The van der Waals surface area contributed by atoms with Crippen LogP contribution in [0.3, 0.4) is 0 Å². The molecule has 102 valence electrons. The van der Waals surface area contributed by atoms with Gasteiger partial charge in [-0.05, 0) is 12.5 Å². The maximum Gasteiger partial charge on any atom is 0.343 e. The fourth-order valence-corrected chi connectivity index (χ4v) is 2.53. The number of aromatic nitrogens is 3. The van der Waals surface area contributed by atoms with Crippen LogP contribution in [0.5, 0.6) is 0 Å². The van der Waals surface area contributed by atoms with Gasteiger partial charge < -0.3 is 9.52 Å². The molecule has 0 aliphatic carbocycles. The largest absolute Gasteiger partial charge is 0.478 e. The molecular weight excluding hydrogens is 270 g/mol. The van der Waals surface area contributed by atoms with Gasteiger partial charge in [0, 0.05) is 6.54 Å². The van der Waals surface area contributed by atoms with E-state index in [9.17, 15) is 9.59 Å². The van der Waals surface area contributed by atoms with Crippen molar-refractivity contribution in [1.29, 1.82) is 0 Å². The van der Waals surface area contributed by atoms with Gasteiger partial charge in [-0.15, -0.1) is 5.10 Å². The maximum absolute atomic E-state index is 11.5. The van der Waals surface area contributed by atoms with Crippen molar-refractivity contribution in [1.82, 2.24) is 14.8 Å². The Kier molecular flexibility index (Phi) is 4.10. The van der Waals surface area contributed by atoms with Crippen molar-refractivity contribution in [3.05, 3.63) is 34.1 Å². The summed E-state index contributed by atoms with van der Waals surface area (Å²) in [5.74, 6) is -0.365. The van der Waals surface area contributed by atoms with Crippen LogP contribution >= 0.6 is 11.8 Å². The molecule has 0 saturated carbocycles. The van der Waals surface area contributed by atoms with E-state index in [2.05, 4.69) is 10.2 Å². The van der Waals surface area contributed by atoms with Gasteiger partial charge in [-0.2, -0.15) is 0 Å². The molecule has 0 atom stereocenters. The average Bonchev–Trinajstić information content (AvgIpc) is 2.96. The quantitative estimate of drug-likeness (QED) is 0.780. The van der Waals surface area contributed by atoms with Gasteiger partial charge in [0.1, 0.15) is 11.3 Å². The Bertz CT molecular complexity index is 628. The van der Waals surface area contributed by atoms with E-state index < -0.39 is 5.97 Å². The Balaban J connectivity index is 2.12. The molecule has 0 amide bonds. The zero-order chi connectivity index (χ0) is 13.8. The summed E-state index contributed by atoms with van der Waals surface area (Å²) in [6, 6.07) is 1.40. The predicted octanol–water partition coefficient (Wildman–Crippen LogP) is 1.56. The average molecular weight is 283 g/mol. The highest BCUT2D eigenvalue weighted by atomic mass is 32.2. The third-order valence-corrected chi connectivity index (χ3v) is 3.46. The Morgan fingerprint density at radius 1 is 1.63 bits per heavy atom. The fourth-order valence-electron chi connectivity index (χ4n) is 1.61. The Morgan fingerprint density at radius 3 is 3.11 bits per heavy atom. The number of carboxylic acids is 1. The number of hydrogen-bond donors (Lipinski definition) is 2. The lowest BCUT2D eigenvalue weighted by molar-refractivity contribution is 0.0695. The van der Waals surface area contributed by atoms with Crippen LogP contribution < -0.4 is 5.69 Å². The van der Waals surface area contributed by atoms with Gasteiger partial charge in [0.15, 0.2) is 5.16 Å². The minimum atomic E-state index is -1.03. The van der Waals surface area contributed by atoms with Gasteiger partial charge in [0.25, 0.3) is 0 Å². The Labute approximate surface area is 112 Å². The third kappa shape index (κ3) is 2.90. The van der Waals surface area contributed by atoms with E-state index in [1.807, 2.05) is 6.92 Å². The lowest BCUT2D eigenvalue weighted by atomic mass is 10.3. The first kappa shape index (κ1) is 13.5. The summed E-state index contributed by atoms with van der Waals surface area (Å²) in [5.41, 5.74) is -0.130. The Morgan fingerprint density at radius 2 is 2.42 bits per heavy atom. The number of aromatic amines is 1. The highest BCUT2D eigenvalue weighted by Gasteiger charge is 2.15. The molecule has 0 aliphatic rings. The minimum Gasteiger partial charge on any atom is -0.478 e. The summed E-state index contributed by atoms with van der Waals surface area (Å²) in [4.78, 5) is 22.4. The molecule has 2 rings (SSSR count). The number of furan rings is 1. The topological polar surface area (TPSA) is 101 Å². The fraction of sp³-hybridized carbons (Fsp3) is 0.364. The second-order valence-corrected chi connectivity index (χ2v) is 4.76. The Hall–Kier alpha value is -1.96. The molecule has 0 saturated heterocycles. The first-order chi connectivity index (χ1) is 9.13. The van der Waals surface area contributed by atoms with Crippen molar-refractivity contribution in [2.45, 2.75) is 30.8 Å². The van der Waals surface area contributed by atoms with E-state index in [0.717, 1.165) is 6.42 Å². The molecule has 0 aromatic carbocycles. The zero-order valence-electron chi connectivity index (χ0n) is 10.3. The van der Waals surface area contributed by atoms with Crippen molar-refractivity contribution in [3.63, 3.8) is 0 Å². The summed E-state index contributed by atoms with van der Waals surface area (Å²) in [6.07, 6.45) is 2.15. The van der Waals surface area contributed by atoms with Crippen LogP contribution in [0.2, 0.25) is 0 Å².